The lowest BCUT2D eigenvalue weighted by Crippen LogP contribution is -2.49. The number of Topliss-reactive ketones (excluding diaryl/α,β-unsaturated/α-hetero) is 3. The van der Waals surface area contributed by atoms with Gasteiger partial charge in [-0.2, -0.15) is 79.0 Å². The first-order valence-corrected chi connectivity index (χ1v) is 34.5. The van der Waals surface area contributed by atoms with Gasteiger partial charge in [0.15, 0.2) is 16.2 Å². The Hall–Kier alpha value is -6.24. The highest BCUT2D eigenvalue weighted by molar-refractivity contribution is 6.49. The number of carbonyl (C=O) groups excluding carboxylic acids is 7. The first-order valence-electron chi connectivity index (χ1n) is 31.1. The van der Waals surface area contributed by atoms with Crippen LogP contribution >= 0.6 is 104 Å². The highest BCUT2D eigenvalue weighted by Gasteiger charge is 2.70. The molecule has 0 N–H and O–H groups in total. The van der Waals surface area contributed by atoms with Crippen LogP contribution in [0.15, 0.2) is 91.0 Å². The predicted molar refractivity (Wildman–Crippen MR) is 364 cm³/mol. The molecule has 0 aromatic heterocycles. The number of hydrogen-bond donors (Lipinski definition) is 0. The molecular formula is C69H52Cl9F18N3O7. The first kappa shape index (κ1) is 87.0. The summed E-state index contributed by atoms with van der Waals surface area (Å²) in [5, 5.41) is -2.67. The third-order valence-electron chi connectivity index (χ3n) is 18.0. The van der Waals surface area contributed by atoms with Gasteiger partial charge < -0.3 is 9.80 Å². The van der Waals surface area contributed by atoms with E-state index in [4.69, 9.17) is 104 Å². The average Bonchev–Trinajstić information content (AvgIpc) is 1.57. The van der Waals surface area contributed by atoms with Crippen LogP contribution in [0.1, 0.15) is 129 Å². The molecule has 106 heavy (non-hydrogen) atoms. The molecule has 3 saturated heterocycles. The molecule has 3 fully saturated rings. The Labute approximate surface area is 636 Å². The van der Waals surface area contributed by atoms with E-state index in [2.05, 4.69) is 0 Å². The smallest absolute Gasteiger partial charge is 0.311 e. The number of alkyl halides is 18. The summed E-state index contributed by atoms with van der Waals surface area (Å²) in [4.78, 5) is 88.6. The lowest BCUT2D eigenvalue weighted by Gasteiger charge is -2.31. The van der Waals surface area contributed by atoms with E-state index in [1.807, 2.05) is 0 Å². The zero-order chi connectivity index (χ0) is 79.9. The lowest BCUT2D eigenvalue weighted by atomic mass is 9.78. The van der Waals surface area contributed by atoms with Crippen molar-refractivity contribution >= 4 is 162 Å². The standard InChI is InChI=1S/C23H16Cl3F6NO3.2C23H18Cl3F6NO2/c1-2-14(34)6-4-11-3-5-13(9-15(11)22(27,28)29)33-18(35)10-21(20(33)36,23(30,31)32)12-7-16(24)19(26)17(25)8-12;2*1-2-15(34)6-4-12-3-5-14(11-16(12)22(27,28)29)33-8-7-21(20(33)35,23(30,31)32)13-9-17(24)19(26)18(25)10-13/h3,5,7-9H,2,4,6,10H2,1H3;2*3,5,9-11H,2,4,6-8H2,1H3. The van der Waals surface area contributed by atoms with Crippen LogP contribution in [0.5, 0.6) is 0 Å². The van der Waals surface area contributed by atoms with Crippen molar-refractivity contribution in [2.75, 3.05) is 27.8 Å². The van der Waals surface area contributed by atoms with Gasteiger partial charge in [-0.05, 0) is 138 Å². The Bertz CT molecular complexity index is 4200. The highest BCUT2D eigenvalue weighted by Crippen LogP contribution is 2.56. The maximum absolute atomic E-state index is 14.4. The molecule has 3 aliphatic heterocycles. The molecule has 4 amide bonds. The molecule has 6 aromatic rings. The number of carbonyl (C=O) groups is 7. The molecule has 6 aromatic carbocycles. The maximum atomic E-state index is 14.4. The van der Waals surface area contributed by atoms with Crippen LogP contribution in [0.25, 0.3) is 0 Å². The van der Waals surface area contributed by atoms with E-state index < -0.39 is 158 Å². The second-order valence-electron chi connectivity index (χ2n) is 24.3. The monoisotopic (exact) mass is 1690 g/mol. The van der Waals surface area contributed by atoms with Crippen LogP contribution in [0, 0.1) is 0 Å². The number of aryl methyl sites for hydroxylation is 3. The summed E-state index contributed by atoms with van der Waals surface area (Å²) in [6.45, 7) is 3.73. The van der Waals surface area contributed by atoms with Crippen molar-refractivity contribution in [3.63, 3.8) is 0 Å². The van der Waals surface area contributed by atoms with E-state index in [-0.39, 0.29) is 143 Å². The van der Waals surface area contributed by atoms with Gasteiger partial charge in [0, 0.05) is 63.0 Å². The van der Waals surface area contributed by atoms with Crippen LogP contribution < -0.4 is 14.7 Å². The molecule has 0 bridgehead atoms. The summed E-state index contributed by atoms with van der Waals surface area (Å²) in [5.74, 6) is -6.84. The SMILES string of the molecule is CCC(=O)CCc1ccc(N2C(=O)CC(c3cc(Cl)c(Cl)c(Cl)c3)(C(F)(F)F)C2=O)cc1C(F)(F)F.CCC(=O)CCc1ccc(N2CCC(c3cc(Cl)c(Cl)c(Cl)c3)(C(F)(F)F)C2=O)cc1C(F)(F)F.CCC(=O)CCc1ccc(N2CCC(c3cc(Cl)c(Cl)c(Cl)c3)(C(F)(F)F)C2=O)cc1C(F)(F)F. The van der Waals surface area contributed by atoms with Crippen molar-refractivity contribution < 1.29 is 113 Å². The van der Waals surface area contributed by atoms with E-state index in [0.717, 1.165) is 72.8 Å². The van der Waals surface area contributed by atoms with Gasteiger partial charge in [0.1, 0.15) is 17.3 Å². The Morgan fingerprint density at radius 2 is 0.623 bits per heavy atom. The van der Waals surface area contributed by atoms with E-state index >= 15 is 0 Å². The fourth-order valence-corrected chi connectivity index (χ4v) is 14.0. The number of ketones is 3. The van der Waals surface area contributed by atoms with E-state index in [9.17, 15) is 113 Å². The van der Waals surface area contributed by atoms with Gasteiger partial charge in [-0.1, -0.05) is 143 Å². The van der Waals surface area contributed by atoms with Crippen LogP contribution in [-0.4, -0.2) is 72.6 Å². The van der Waals surface area contributed by atoms with Gasteiger partial charge in [-0.15, -0.1) is 0 Å². The average molecular weight is 1700 g/mol. The normalized spacial score (nSPS) is 18.9. The summed E-state index contributed by atoms with van der Waals surface area (Å²) >= 11 is 52.8. The number of benzene rings is 6. The molecule has 3 atom stereocenters. The summed E-state index contributed by atoms with van der Waals surface area (Å²) in [6, 6.07) is 13.1. The second kappa shape index (κ2) is 32.8. The number of anilines is 3. The molecule has 0 radical (unpaired) electrons. The topological polar surface area (TPSA) is 129 Å². The number of hydrogen-bond acceptors (Lipinski definition) is 7. The largest absolute Gasteiger partial charge is 0.416 e. The highest BCUT2D eigenvalue weighted by atomic mass is 35.5. The second-order valence-corrected chi connectivity index (χ2v) is 27.9. The Morgan fingerprint density at radius 3 is 0.877 bits per heavy atom. The quantitative estimate of drug-likeness (QED) is 0.0476. The van der Waals surface area contributed by atoms with Crippen molar-refractivity contribution in [1.29, 1.82) is 0 Å². The molecule has 37 heteroatoms. The number of imide groups is 1. The minimum Gasteiger partial charge on any atom is -0.311 e. The number of rotatable bonds is 18. The number of amides is 4. The minimum atomic E-state index is -5.34. The lowest BCUT2D eigenvalue weighted by molar-refractivity contribution is -0.192. The van der Waals surface area contributed by atoms with E-state index in [0.29, 0.717) is 28.0 Å². The van der Waals surface area contributed by atoms with Crippen molar-refractivity contribution in [2.45, 2.75) is 151 Å². The molecular weight excluding hydrogens is 1640 g/mol. The molecule has 574 valence electrons. The molecule has 3 heterocycles. The summed E-state index contributed by atoms with van der Waals surface area (Å²) in [7, 11) is 0. The van der Waals surface area contributed by atoms with Gasteiger partial charge in [0.05, 0.1) is 74.0 Å². The van der Waals surface area contributed by atoms with Crippen molar-refractivity contribution in [1.82, 2.24) is 0 Å². The Balaban J connectivity index is 0.000000222. The number of nitrogens with zero attached hydrogens (tertiary/aromatic N) is 3. The van der Waals surface area contributed by atoms with Gasteiger partial charge in [-0.25, -0.2) is 4.90 Å². The molecule has 3 aliphatic rings. The molecule has 9 rings (SSSR count). The fraction of sp³-hybridized carbons (Fsp3) is 0.377. The van der Waals surface area contributed by atoms with Gasteiger partial charge in [-0.3, -0.25) is 33.6 Å². The summed E-state index contributed by atoms with van der Waals surface area (Å²) < 4.78 is 253. The van der Waals surface area contributed by atoms with Crippen LogP contribution in [0.4, 0.5) is 96.1 Å². The molecule has 10 nitrogen and oxygen atoms in total. The van der Waals surface area contributed by atoms with Crippen LogP contribution in [-0.2, 0) is 87.6 Å². The summed E-state index contributed by atoms with van der Waals surface area (Å²) in [6.07, 6.45) is -33.8. The third-order valence-corrected chi connectivity index (χ3v) is 21.6. The van der Waals surface area contributed by atoms with Gasteiger partial charge in [0.25, 0.3) is 5.91 Å². The van der Waals surface area contributed by atoms with Gasteiger partial charge >= 0.3 is 37.1 Å². The summed E-state index contributed by atoms with van der Waals surface area (Å²) in [5.41, 5.74) is -17.0. The third kappa shape index (κ3) is 17.6. The minimum absolute atomic E-state index is 0.0696. The van der Waals surface area contributed by atoms with Crippen LogP contribution in [0.2, 0.25) is 45.2 Å². The van der Waals surface area contributed by atoms with Crippen molar-refractivity contribution in [3.8, 4) is 0 Å². The maximum Gasteiger partial charge on any atom is 0.416 e. The van der Waals surface area contributed by atoms with E-state index in [1.165, 1.54) is 0 Å². The van der Waals surface area contributed by atoms with Crippen LogP contribution in [0.3, 0.4) is 0 Å². The predicted octanol–water partition coefficient (Wildman–Crippen LogP) is 23.0. The van der Waals surface area contributed by atoms with Crippen molar-refractivity contribution in [2.24, 2.45) is 0 Å². The van der Waals surface area contributed by atoms with Crippen molar-refractivity contribution in [3.05, 3.63) is 186 Å². The molecule has 3 unspecified atom stereocenters. The van der Waals surface area contributed by atoms with E-state index in [1.54, 1.807) is 20.8 Å². The first-order chi connectivity index (χ1) is 48.8. The Kier molecular flexibility index (Phi) is 26.9. The molecule has 0 saturated carbocycles. The fourth-order valence-electron chi connectivity index (χ4n) is 12.2. The zero-order valence-corrected chi connectivity index (χ0v) is 61.3. The molecule has 0 spiro atoms. The number of halogens is 27. The zero-order valence-electron chi connectivity index (χ0n) is 54.5. The molecule has 0 aliphatic carbocycles. The van der Waals surface area contributed by atoms with Gasteiger partial charge in [0.2, 0.25) is 17.7 Å². The Morgan fingerprint density at radius 1 is 0.368 bits per heavy atom.